The molecule has 0 fully saturated rings. The van der Waals surface area contributed by atoms with E-state index < -0.39 is 5.97 Å². The molecule has 0 aliphatic rings. The molecule has 0 radical (unpaired) electrons. The largest absolute Gasteiger partial charge is 0.457 e. The first-order valence-corrected chi connectivity index (χ1v) is 6.12. The second-order valence-corrected chi connectivity index (χ2v) is 4.75. The zero-order valence-electron chi connectivity index (χ0n) is 10.1. The molecule has 0 unspecified atom stereocenters. The van der Waals surface area contributed by atoms with Crippen molar-refractivity contribution in [2.24, 2.45) is 7.05 Å². The first-order chi connectivity index (χ1) is 8.97. The van der Waals surface area contributed by atoms with Gasteiger partial charge in [-0.1, -0.05) is 23.2 Å². The number of aryl methyl sites for hydroxylation is 1. The second-order valence-electron chi connectivity index (χ2n) is 3.96. The van der Waals surface area contributed by atoms with Gasteiger partial charge in [0.25, 0.3) is 0 Å². The fourth-order valence-electron chi connectivity index (χ4n) is 1.53. The zero-order chi connectivity index (χ0) is 14.0. The summed E-state index contributed by atoms with van der Waals surface area (Å²) in [5.74, 6) is -0.581. The van der Waals surface area contributed by atoms with Gasteiger partial charge < -0.3 is 10.5 Å². The fourth-order valence-corrected chi connectivity index (χ4v) is 1.95. The van der Waals surface area contributed by atoms with E-state index in [4.69, 9.17) is 33.7 Å². The van der Waals surface area contributed by atoms with Gasteiger partial charge in [-0.3, -0.25) is 4.68 Å². The van der Waals surface area contributed by atoms with Crippen LogP contribution in [0, 0.1) is 0 Å². The number of benzene rings is 1. The van der Waals surface area contributed by atoms with Crippen molar-refractivity contribution in [1.82, 2.24) is 9.78 Å². The second kappa shape index (κ2) is 5.50. The minimum atomic E-state index is -0.581. The SMILES string of the molecule is Cn1cc(COC(=O)c2cc(N)cc(Cl)c2Cl)cn1. The van der Waals surface area contributed by atoms with E-state index in [1.54, 1.807) is 24.1 Å². The molecule has 2 aromatic rings. The molecule has 0 spiro atoms. The first kappa shape index (κ1) is 13.7. The fraction of sp³-hybridized carbons (Fsp3) is 0.167. The van der Waals surface area contributed by atoms with Gasteiger partial charge in [0.15, 0.2) is 0 Å². The van der Waals surface area contributed by atoms with Crippen molar-refractivity contribution in [2.45, 2.75) is 6.61 Å². The van der Waals surface area contributed by atoms with Crippen molar-refractivity contribution in [3.05, 3.63) is 45.7 Å². The zero-order valence-corrected chi connectivity index (χ0v) is 11.6. The number of hydrogen-bond donors (Lipinski definition) is 1. The number of esters is 1. The topological polar surface area (TPSA) is 70.1 Å². The monoisotopic (exact) mass is 299 g/mol. The molecule has 0 aliphatic heterocycles. The highest BCUT2D eigenvalue weighted by Gasteiger charge is 2.16. The number of nitrogen functional groups attached to an aromatic ring is 1. The Morgan fingerprint density at radius 1 is 1.47 bits per heavy atom. The summed E-state index contributed by atoms with van der Waals surface area (Å²) >= 11 is 11.8. The quantitative estimate of drug-likeness (QED) is 0.699. The van der Waals surface area contributed by atoms with Gasteiger partial charge >= 0.3 is 5.97 Å². The van der Waals surface area contributed by atoms with Crippen LogP contribution in [-0.2, 0) is 18.4 Å². The maximum absolute atomic E-state index is 11.9. The van der Waals surface area contributed by atoms with Crippen molar-refractivity contribution < 1.29 is 9.53 Å². The third-order valence-corrected chi connectivity index (χ3v) is 3.20. The van der Waals surface area contributed by atoms with Crippen molar-refractivity contribution in [2.75, 3.05) is 5.73 Å². The molecular formula is C12H11Cl2N3O2. The van der Waals surface area contributed by atoms with Gasteiger partial charge in [-0.2, -0.15) is 5.10 Å². The average molecular weight is 300 g/mol. The predicted molar refractivity (Wildman–Crippen MR) is 73.2 cm³/mol. The van der Waals surface area contributed by atoms with Crippen molar-refractivity contribution in [3.8, 4) is 0 Å². The standard InChI is InChI=1S/C12H11Cl2N3O2/c1-17-5-7(4-16-17)6-19-12(18)9-2-8(15)3-10(13)11(9)14/h2-5H,6,15H2,1H3. The molecule has 0 saturated heterocycles. The lowest BCUT2D eigenvalue weighted by molar-refractivity contribution is 0.0473. The number of carbonyl (C=O) groups excluding carboxylic acids is 1. The van der Waals surface area contributed by atoms with Crippen LogP contribution >= 0.6 is 23.2 Å². The molecule has 19 heavy (non-hydrogen) atoms. The Bertz CT molecular complexity index is 625. The molecule has 0 bridgehead atoms. The number of carbonyl (C=O) groups is 1. The summed E-state index contributed by atoms with van der Waals surface area (Å²) in [6.07, 6.45) is 3.36. The lowest BCUT2D eigenvalue weighted by atomic mass is 10.2. The Labute approximate surface area is 119 Å². The van der Waals surface area contributed by atoms with Crippen LogP contribution in [0.15, 0.2) is 24.5 Å². The summed E-state index contributed by atoms with van der Waals surface area (Å²) in [6, 6.07) is 2.90. The van der Waals surface area contributed by atoms with Crippen LogP contribution in [0.25, 0.3) is 0 Å². The molecule has 1 aromatic carbocycles. The molecule has 0 aliphatic carbocycles. The molecule has 7 heteroatoms. The van der Waals surface area contributed by atoms with Crippen LogP contribution in [-0.4, -0.2) is 15.7 Å². The lowest BCUT2D eigenvalue weighted by Gasteiger charge is -2.07. The summed E-state index contributed by atoms with van der Waals surface area (Å²) in [5, 5.41) is 4.32. The van der Waals surface area contributed by atoms with Gasteiger partial charge in [-0.15, -0.1) is 0 Å². The highest BCUT2D eigenvalue weighted by Crippen LogP contribution is 2.29. The molecule has 0 atom stereocenters. The summed E-state index contributed by atoms with van der Waals surface area (Å²) in [6.45, 7) is 0.107. The Morgan fingerprint density at radius 2 is 2.21 bits per heavy atom. The molecule has 0 amide bonds. The minimum Gasteiger partial charge on any atom is -0.457 e. The average Bonchev–Trinajstić information content (AvgIpc) is 2.76. The van der Waals surface area contributed by atoms with E-state index in [0.29, 0.717) is 5.69 Å². The maximum atomic E-state index is 11.9. The first-order valence-electron chi connectivity index (χ1n) is 5.36. The van der Waals surface area contributed by atoms with Crippen LogP contribution in [0.5, 0.6) is 0 Å². The van der Waals surface area contributed by atoms with Gasteiger partial charge in [0, 0.05) is 24.5 Å². The lowest BCUT2D eigenvalue weighted by Crippen LogP contribution is -2.06. The molecule has 1 aromatic heterocycles. The molecule has 5 nitrogen and oxygen atoms in total. The third-order valence-electron chi connectivity index (χ3n) is 2.40. The summed E-state index contributed by atoms with van der Waals surface area (Å²) < 4.78 is 6.75. The highest BCUT2D eigenvalue weighted by molar-refractivity contribution is 6.44. The Hall–Kier alpha value is -1.72. The molecule has 1 heterocycles. The van der Waals surface area contributed by atoms with E-state index in [-0.39, 0.29) is 22.2 Å². The Morgan fingerprint density at radius 3 is 2.84 bits per heavy atom. The summed E-state index contributed by atoms with van der Waals surface area (Å²) in [5.41, 5.74) is 6.89. The van der Waals surface area contributed by atoms with Crippen molar-refractivity contribution in [1.29, 1.82) is 0 Å². The molecule has 100 valence electrons. The molecule has 2 rings (SSSR count). The Kier molecular flexibility index (Phi) is 3.97. The smallest absolute Gasteiger partial charge is 0.340 e. The highest BCUT2D eigenvalue weighted by atomic mass is 35.5. The normalized spacial score (nSPS) is 10.5. The van der Waals surface area contributed by atoms with Gasteiger partial charge in [0.2, 0.25) is 0 Å². The van der Waals surface area contributed by atoms with Crippen LogP contribution in [0.3, 0.4) is 0 Å². The number of ether oxygens (including phenoxy) is 1. The predicted octanol–water partition coefficient (Wildman–Crippen LogP) is 2.67. The summed E-state index contributed by atoms with van der Waals surface area (Å²) in [4.78, 5) is 11.9. The van der Waals surface area contributed by atoms with Crippen LogP contribution < -0.4 is 5.73 Å². The van der Waals surface area contributed by atoms with Gasteiger partial charge in [0.1, 0.15) is 6.61 Å². The number of anilines is 1. The van der Waals surface area contributed by atoms with E-state index in [1.807, 2.05) is 0 Å². The molecule has 2 N–H and O–H groups in total. The van der Waals surface area contributed by atoms with Crippen molar-refractivity contribution in [3.63, 3.8) is 0 Å². The third kappa shape index (κ3) is 3.19. The van der Waals surface area contributed by atoms with E-state index in [1.165, 1.54) is 12.1 Å². The van der Waals surface area contributed by atoms with Crippen LogP contribution in [0.2, 0.25) is 10.0 Å². The van der Waals surface area contributed by atoms with Crippen LogP contribution in [0.4, 0.5) is 5.69 Å². The Balaban J connectivity index is 2.12. The molecule has 0 saturated carbocycles. The van der Waals surface area contributed by atoms with Crippen molar-refractivity contribution >= 4 is 34.9 Å². The number of nitrogens with two attached hydrogens (primary N) is 1. The van der Waals surface area contributed by atoms with Gasteiger partial charge in [-0.25, -0.2) is 4.79 Å². The molecular weight excluding hydrogens is 289 g/mol. The maximum Gasteiger partial charge on any atom is 0.340 e. The number of rotatable bonds is 3. The number of aromatic nitrogens is 2. The number of halogens is 2. The van der Waals surface area contributed by atoms with Gasteiger partial charge in [0.05, 0.1) is 21.8 Å². The minimum absolute atomic E-state index is 0.107. The summed E-state index contributed by atoms with van der Waals surface area (Å²) in [7, 11) is 1.78. The van der Waals surface area contributed by atoms with E-state index in [2.05, 4.69) is 5.10 Å². The van der Waals surface area contributed by atoms with E-state index >= 15 is 0 Å². The van der Waals surface area contributed by atoms with Gasteiger partial charge in [-0.05, 0) is 12.1 Å². The van der Waals surface area contributed by atoms with E-state index in [0.717, 1.165) is 5.56 Å². The van der Waals surface area contributed by atoms with Crippen LogP contribution in [0.1, 0.15) is 15.9 Å². The number of nitrogens with zero attached hydrogens (tertiary/aromatic N) is 2. The van der Waals surface area contributed by atoms with E-state index in [9.17, 15) is 4.79 Å². The number of hydrogen-bond acceptors (Lipinski definition) is 4.